The summed E-state index contributed by atoms with van der Waals surface area (Å²) in [5.41, 5.74) is 7.92. The first-order valence-corrected chi connectivity index (χ1v) is 6.68. The van der Waals surface area contributed by atoms with Gasteiger partial charge in [0, 0.05) is 6.54 Å². The molecule has 2 rings (SSSR count). The zero-order valence-electron chi connectivity index (χ0n) is 10.3. The SMILES string of the molecule is CC(O)CCNc1snc(N)c1-c1ccccc1. The molecule has 1 aromatic heterocycles. The highest BCUT2D eigenvalue weighted by molar-refractivity contribution is 7.11. The normalized spacial score (nSPS) is 12.3. The Morgan fingerprint density at radius 1 is 1.39 bits per heavy atom. The van der Waals surface area contributed by atoms with Gasteiger partial charge in [-0.05, 0) is 30.4 Å². The average molecular weight is 263 g/mol. The van der Waals surface area contributed by atoms with E-state index in [4.69, 9.17) is 5.73 Å². The molecule has 0 spiro atoms. The molecule has 96 valence electrons. The van der Waals surface area contributed by atoms with Crippen LogP contribution in [0, 0.1) is 0 Å². The van der Waals surface area contributed by atoms with Crippen LogP contribution in [-0.4, -0.2) is 22.1 Å². The molecule has 2 aromatic rings. The van der Waals surface area contributed by atoms with Gasteiger partial charge in [-0.1, -0.05) is 30.3 Å². The van der Waals surface area contributed by atoms with E-state index in [0.29, 0.717) is 18.8 Å². The summed E-state index contributed by atoms with van der Waals surface area (Å²) >= 11 is 1.35. The van der Waals surface area contributed by atoms with Crippen LogP contribution in [0.4, 0.5) is 10.8 Å². The molecule has 0 aliphatic carbocycles. The van der Waals surface area contributed by atoms with Crippen LogP contribution in [0.2, 0.25) is 0 Å². The molecule has 0 saturated heterocycles. The summed E-state index contributed by atoms with van der Waals surface area (Å²) in [4.78, 5) is 0. The second-order valence-corrected chi connectivity index (χ2v) is 4.98. The molecule has 1 atom stereocenters. The summed E-state index contributed by atoms with van der Waals surface area (Å²) in [6.45, 7) is 2.49. The van der Waals surface area contributed by atoms with E-state index in [0.717, 1.165) is 16.1 Å². The van der Waals surface area contributed by atoms with Crippen molar-refractivity contribution in [3.05, 3.63) is 30.3 Å². The Balaban J connectivity index is 2.17. The molecule has 1 aromatic carbocycles. The molecule has 0 aliphatic heterocycles. The Morgan fingerprint density at radius 2 is 2.11 bits per heavy atom. The van der Waals surface area contributed by atoms with Gasteiger partial charge in [-0.25, -0.2) is 0 Å². The molecule has 5 heteroatoms. The van der Waals surface area contributed by atoms with Crippen molar-refractivity contribution < 1.29 is 5.11 Å². The monoisotopic (exact) mass is 263 g/mol. The van der Waals surface area contributed by atoms with Crippen molar-refractivity contribution in [2.75, 3.05) is 17.6 Å². The number of benzene rings is 1. The minimum atomic E-state index is -0.303. The van der Waals surface area contributed by atoms with E-state index in [1.54, 1.807) is 6.92 Å². The van der Waals surface area contributed by atoms with Crippen molar-refractivity contribution in [3.8, 4) is 11.1 Å². The highest BCUT2D eigenvalue weighted by Gasteiger charge is 2.12. The number of nitrogens with zero attached hydrogens (tertiary/aromatic N) is 1. The second kappa shape index (κ2) is 5.84. The van der Waals surface area contributed by atoms with Crippen LogP contribution in [0.15, 0.2) is 30.3 Å². The van der Waals surface area contributed by atoms with E-state index >= 15 is 0 Å². The minimum Gasteiger partial charge on any atom is -0.393 e. The number of hydrogen-bond acceptors (Lipinski definition) is 5. The molecule has 4 N–H and O–H groups in total. The molecule has 1 unspecified atom stereocenters. The highest BCUT2D eigenvalue weighted by Crippen LogP contribution is 2.36. The van der Waals surface area contributed by atoms with E-state index < -0.39 is 0 Å². The van der Waals surface area contributed by atoms with Crippen molar-refractivity contribution >= 4 is 22.4 Å². The van der Waals surface area contributed by atoms with Gasteiger partial charge in [-0.2, -0.15) is 4.37 Å². The Kier molecular flexibility index (Phi) is 4.17. The van der Waals surface area contributed by atoms with Crippen LogP contribution >= 0.6 is 11.5 Å². The summed E-state index contributed by atoms with van der Waals surface area (Å²) in [5.74, 6) is 0.547. The standard InChI is InChI=1S/C13H17N3OS/c1-9(17)7-8-15-13-11(12(14)16-18-13)10-5-3-2-4-6-10/h2-6,9,15,17H,7-8H2,1H3,(H2,14,16). The number of aromatic nitrogens is 1. The summed E-state index contributed by atoms with van der Waals surface area (Å²) in [6.07, 6.45) is 0.398. The first-order valence-electron chi connectivity index (χ1n) is 5.91. The molecule has 4 nitrogen and oxygen atoms in total. The third kappa shape index (κ3) is 3.00. The predicted octanol–water partition coefficient (Wildman–Crippen LogP) is 2.58. The van der Waals surface area contributed by atoms with E-state index in [9.17, 15) is 5.11 Å². The number of aliphatic hydroxyl groups excluding tert-OH is 1. The molecule has 0 amide bonds. The lowest BCUT2D eigenvalue weighted by molar-refractivity contribution is 0.189. The summed E-state index contributed by atoms with van der Waals surface area (Å²) < 4.78 is 4.19. The molecule has 0 radical (unpaired) electrons. The largest absolute Gasteiger partial charge is 0.393 e. The maximum Gasteiger partial charge on any atom is 0.147 e. The van der Waals surface area contributed by atoms with E-state index in [2.05, 4.69) is 9.69 Å². The van der Waals surface area contributed by atoms with Gasteiger partial charge in [0.15, 0.2) is 0 Å². The Hall–Kier alpha value is -1.59. The lowest BCUT2D eigenvalue weighted by atomic mass is 10.1. The maximum atomic E-state index is 9.25. The summed E-state index contributed by atoms with van der Waals surface area (Å²) in [6, 6.07) is 9.96. The molecule has 0 bridgehead atoms. The number of nitrogens with one attached hydrogen (secondary N) is 1. The van der Waals surface area contributed by atoms with Gasteiger partial charge in [0.2, 0.25) is 0 Å². The Bertz CT molecular complexity index is 496. The first-order chi connectivity index (χ1) is 8.68. The molecule has 18 heavy (non-hydrogen) atoms. The second-order valence-electron chi connectivity index (χ2n) is 4.20. The quantitative estimate of drug-likeness (QED) is 0.775. The third-order valence-electron chi connectivity index (χ3n) is 2.63. The van der Waals surface area contributed by atoms with Gasteiger partial charge in [-0.3, -0.25) is 0 Å². The van der Waals surface area contributed by atoms with Crippen molar-refractivity contribution in [1.82, 2.24) is 4.37 Å². The van der Waals surface area contributed by atoms with Crippen molar-refractivity contribution in [2.24, 2.45) is 0 Å². The summed E-state index contributed by atoms with van der Waals surface area (Å²) in [7, 11) is 0. The molecule has 0 aliphatic rings. The zero-order valence-corrected chi connectivity index (χ0v) is 11.1. The maximum absolute atomic E-state index is 9.25. The van der Waals surface area contributed by atoms with Gasteiger partial charge in [0.1, 0.15) is 10.8 Å². The fourth-order valence-corrected chi connectivity index (χ4v) is 2.46. The van der Waals surface area contributed by atoms with Crippen molar-refractivity contribution in [2.45, 2.75) is 19.4 Å². The Morgan fingerprint density at radius 3 is 2.78 bits per heavy atom. The average Bonchev–Trinajstić information content (AvgIpc) is 2.71. The van der Waals surface area contributed by atoms with Crippen molar-refractivity contribution in [3.63, 3.8) is 0 Å². The number of anilines is 2. The number of nitrogens with two attached hydrogens (primary N) is 1. The lowest BCUT2D eigenvalue weighted by Gasteiger charge is -2.08. The topological polar surface area (TPSA) is 71.2 Å². The van der Waals surface area contributed by atoms with Gasteiger partial charge in [0.05, 0.1) is 11.7 Å². The third-order valence-corrected chi connectivity index (χ3v) is 3.45. The van der Waals surface area contributed by atoms with E-state index in [-0.39, 0.29) is 6.10 Å². The summed E-state index contributed by atoms with van der Waals surface area (Å²) in [5, 5.41) is 13.5. The van der Waals surface area contributed by atoms with Gasteiger partial charge in [-0.15, -0.1) is 0 Å². The van der Waals surface area contributed by atoms with Crippen LogP contribution in [0.5, 0.6) is 0 Å². The number of aliphatic hydroxyl groups is 1. The van der Waals surface area contributed by atoms with E-state index in [1.807, 2.05) is 30.3 Å². The van der Waals surface area contributed by atoms with Crippen LogP contribution in [0.1, 0.15) is 13.3 Å². The Labute approximate surface area is 111 Å². The van der Waals surface area contributed by atoms with Gasteiger partial charge >= 0.3 is 0 Å². The zero-order chi connectivity index (χ0) is 13.0. The molecular weight excluding hydrogens is 246 g/mol. The van der Waals surface area contributed by atoms with Crippen LogP contribution in [-0.2, 0) is 0 Å². The van der Waals surface area contributed by atoms with E-state index in [1.165, 1.54) is 11.5 Å². The minimum absolute atomic E-state index is 0.303. The van der Waals surface area contributed by atoms with Crippen LogP contribution in [0.25, 0.3) is 11.1 Å². The predicted molar refractivity (Wildman–Crippen MR) is 76.7 cm³/mol. The first kappa shape index (κ1) is 12.9. The fourth-order valence-electron chi connectivity index (χ4n) is 1.70. The smallest absolute Gasteiger partial charge is 0.147 e. The lowest BCUT2D eigenvalue weighted by Crippen LogP contribution is -2.09. The van der Waals surface area contributed by atoms with Gasteiger partial charge < -0.3 is 16.2 Å². The molecule has 0 saturated carbocycles. The van der Waals surface area contributed by atoms with Crippen molar-refractivity contribution in [1.29, 1.82) is 0 Å². The number of rotatable bonds is 5. The molecule has 0 fully saturated rings. The van der Waals surface area contributed by atoms with Crippen LogP contribution in [0.3, 0.4) is 0 Å². The molecular formula is C13H17N3OS. The highest BCUT2D eigenvalue weighted by atomic mass is 32.1. The van der Waals surface area contributed by atoms with Crippen LogP contribution < -0.4 is 11.1 Å². The van der Waals surface area contributed by atoms with Gasteiger partial charge in [0.25, 0.3) is 0 Å². The fraction of sp³-hybridized carbons (Fsp3) is 0.308. The number of hydrogen-bond donors (Lipinski definition) is 3. The molecule has 1 heterocycles. The number of nitrogen functional groups attached to an aromatic ring is 1.